The maximum atomic E-state index is 4.33. The summed E-state index contributed by atoms with van der Waals surface area (Å²) in [6, 6.07) is 1.87. The molecule has 0 N–H and O–H groups in total. The molecule has 3 rings (SSSR count). The van der Waals surface area contributed by atoms with Gasteiger partial charge in [-0.05, 0) is 6.42 Å². The zero-order valence-electron chi connectivity index (χ0n) is 10.7. The van der Waals surface area contributed by atoms with E-state index < -0.39 is 0 Å². The van der Waals surface area contributed by atoms with Gasteiger partial charge in [-0.15, -0.1) is 5.10 Å². The molecule has 0 bridgehead atoms. The van der Waals surface area contributed by atoms with E-state index in [9.17, 15) is 0 Å². The predicted molar refractivity (Wildman–Crippen MR) is 68.5 cm³/mol. The highest BCUT2D eigenvalue weighted by molar-refractivity contribution is 5.55. The molecule has 0 aliphatic carbocycles. The highest BCUT2D eigenvalue weighted by Gasteiger charge is 2.11. The molecule has 0 saturated heterocycles. The van der Waals surface area contributed by atoms with E-state index in [1.165, 1.54) is 0 Å². The van der Waals surface area contributed by atoms with Crippen molar-refractivity contribution in [3.05, 3.63) is 36.5 Å². The van der Waals surface area contributed by atoms with Crippen LogP contribution in [-0.2, 0) is 13.5 Å². The van der Waals surface area contributed by atoms with Crippen molar-refractivity contribution in [3.63, 3.8) is 0 Å². The van der Waals surface area contributed by atoms with Gasteiger partial charge >= 0.3 is 0 Å². The van der Waals surface area contributed by atoms with Gasteiger partial charge in [-0.1, -0.05) is 12.1 Å². The van der Waals surface area contributed by atoms with Crippen LogP contribution in [-0.4, -0.2) is 34.7 Å². The second-order valence-corrected chi connectivity index (χ2v) is 4.10. The number of hydrogen-bond donors (Lipinski definition) is 0. The summed E-state index contributed by atoms with van der Waals surface area (Å²) < 4.78 is 3.35. The maximum absolute atomic E-state index is 4.33. The molecule has 0 spiro atoms. The molecular weight excluding hydrogens is 242 g/mol. The molecule has 3 heterocycles. The molecule has 0 unspecified atom stereocenters. The Balaban J connectivity index is 2.01. The lowest BCUT2D eigenvalue weighted by atomic mass is 10.2. The van der Waals surface area contributed by atoms with Crippen LogP contribution in [0, 0.1) is 0 Å². The molecule has 96 valence electrons. The van der Waals surface area contributed by atoms with Crippen molar-refractivity contribution in [2.75, 3.05) is 0 Å². The van der Waals surface area contributed by atoms with Crippen LogP contribution in [0.2, 0.25) is 0 Å². The number of aromatic nitrogens is 7. The second kappa shape index (κ2) is 4.60. The molecule has 3 aromatic heterocycles. The molecule has 19 heavy (non-hydrogen) atoms. The van der Waals surface area contributed by atoms with E-state index >= 15 is 0 Å². The van der Waals surface area contributed by atoms with E-state index in [1.807, 2.05) is 32.4 Å². The maximum Gasteiger partial charge on any atom is 0.176 e. The van der Waals surface area contributed by atoms with Gasteiger partial charge < -0.3 is 0 Å². The molecule has 0 aliphatic heterocycles. The lowest BCUT2D eigenvalue weighted by molar-refractivity contribution is 0.715. The van der Waals surface area contributed by atoms with Gasteiger partial charge in [-0.3, -0.25) is 14.6 Å². The van der Waals surface area contributed by atoms with Crippen molar-refractivity contribution >= 4 is 0 Å². The first kappa shape index (κ1) is 11.5. The average Bonchev–Trinajstić information content (AvgIpc) is 3.07. The summed E-state index contributed by atoms with van der Waals surface area (Å²) >= 11 is 0. The minimum absolute atomic E-state index is 0.704. The first-order chi connectivity index (χ1) is 9.28. The van der Waals surface area contributed by atoms with Crippen molar-refractivity contribution in [1.29, 1.82) is 0 Å². The van der Waals surface area contributed by atoms with Gasteiger partial charge in [0, 0.05) is 31.7 Å². The third-order valence-corrected chi connectivity index (χ3v) is 2.78. The minimum Gasteiger partial charge on any atom is -0.274 e. The van der Waals surface area contributed by atoms with Gasteiger partial charge in [0.15, 0.2) is 5.82 Å². The zero-order chi connectivity index (χ0) is 13.2. The Labute approximate surface area is 109 Å². The van der Waals surface area contributed by atoms with Crippen LogP contribution in [0.1, 0.15) is 12.6 Å². The fraction of sp³-hybridized carbons (Fsp3) is 0.250. The second-order valence-electron chi connectivity index (χ2n) is 4.10. The monoisotopic (exact) mass is 255 g/mol. The number of rotatable bonds is 3. The Morgan fingerprint density at radius 1 is 1.21 bits per heavy atom. The Morgan fingerprint density at radius 2 is 2.05 bits per heavy atom. The summed E-state index contributed by atoms with van der Waals surface area (Å²) in [7, 11) is 1.86. The third kappa shape index (κ3) is 2.10. The largest absolute Gasteiger partial charge is 0.274 e. The zero-order valence-corrected chi connectivity index (χ0v) is 10.7. The first-order valence-electron chi connectivity index (χ1n) is 6.00. The van der Waals surface area contributed by atoms with Crippen LogP contribution < -0.4 is 0 Å². The van der Waals surface area contributed by atoms with Crippen LogP contribution in [0.3, 0.4) is 0 Å². The van der Waals surface area contributed by atoms with Crippen molar-refractivity contribution in [3.8, 4) is 17.2 Å². The summed E-state index contributed by atoms with van der Waals surface area (Å²) in [6.45, 7) is 2.04. The SMILES string of the molecule is CCc1nccnc1-c1cn(-c2ccn(C)n2)nn1. The highest BCUT2D eigenvalue weighted by Crippen LogP contribution is 2.17. The van der Waals surface area contributed by atoms with Gasteiger partial charge in [0.1, 0.15) is 11.4 Å². The normalized spacial score (nSPS) is 10.8. The lowest BCUT2D eigenvalue weighted by Crippen LogP contribution is -1.97. The smallest absolute Gasteiger partial charge is 0.176 e. The lowest BCUT2D eigenvalue weighted by Gasteiger charge is -2.00. The quantitative estimate of drug-likeness (QED) is 0.698. The topological polar surface area (TPSA) is 74.3 Å². The summed E-state index contributed by atoms with van der Waals surface area (Å²) in [5, 5.41) is 12.5. The standard InChI is InChI=1S/C12H13N7/c1-3-9-12(14-6-5-13-9)10-8-19(17-15-10)11-4-7-18(2)16-11/h4-8H,3H2,1-2H3. The van der Waals surface area contributed by atoms with E-state index in [4.69, 9.17) is 0 Å². The van der Waals surface area contributed by atoms with Crippen molar-refractivity contribution in [2.24, 2.45) is 7.05 Å². The Hall–Kier alpha value is -2.57. The molecule has 0 amide bonds. The van der Waals surface area contributed by atoms with Crippen LogP contribution >= 0.6 is 0 Å². The minimum atomic E-state index is 0.704. The van der Waals surface area contributed by atoms with Crippen molar-refractivity contribution in [2.45, 2.75) is 13.3 Å². The Morgan fingerprint density at radius 3 is 2.79 bits per heavy atom. The van der Waals surface area contributed by atoms with E-state index in [0.717, 1.165) is 23.6 Å². The average molecular weight is 255 g/mol. The fourth-order valence-corrected chi connectivity index (χ4v) is 1.85. The Kier molecular flexibility index (Phi) is 2.79. The van der Waals surface area contributed by atoms with Crippen LogP contribution in [0.25, 0.3) is 17.2 Å². The van der Waals surface area contributed by atoms with Gasteiger partial charge in [0.25, 0.3) is 0 Å². The fourth-order valence-electron chi connectivity index (χ4n) is 1.85. The molecule has 0 aromatic carbocycles. The van der Waals surface area contributed by atoms with E-state index in [-0.39, 0.29) is 0 Å². The van der Waals surface area contributed by atoms with Gasteiger partial charge in [0.05, 0.1) is 11.9 Å². The highest BCUT2D eigenvalue weighted by atomic mass is 15.5. The molecule has 0 saturated carbocycles. The molecule has 0 fully saturated rings. The van der Waals surface area contributed by atoms with E-state index in [0.29, 0.717) is 5.69 Å². The molecule has 0 aliphatic rings. The van der Waals surface area contributed by atoms with Crippen LogP contribution in [0.5, 0.6) is 0 Å². The molecule has 0 radical (unpaired) electrons. The van der Waals surface area contributed by atoms with Crippen LogP contribution in [0.4, 0.5) is 0 Å². The molecule has 7 nitrogen and oxygen atoms in total. The van der Waals surface area contributed by atoms with E-state index in [1.54, 1.807) is 21.8 Å². The molecule has 0 atom stereocenters. The number of nitrogens with zero attached hydrogens (tertiary/aromatic N) is 7. The van der Waals surface area contributed by atoms with Crippen molar-refractivity contribution < 1.29 is 0 Å². The van der Waals surface area contributed by atoms with Gasteiger partial charge in [0.2, 0.25) is 0 Å². The summed E-state index contributed by atoms with van der Waals surface area (Å²) in [4.78, 5) is 8.63. The molecule has 7 heteroatoms. The molecule has 3 aromatic rings. The predicted octanol–water partition coefficient (Wildman–Crippen LogP) is 1.02. The van der Waals surface area contributed by atoms with Crippen molar-refractivity contribution in [1.82, 2.24) is 34.7 Å². The summed E-state index contributed by atoms with van der Waals surface area (Å²) in [6.07, 6.45) is 7.82. The number of aryl methyl sites for hydroxylation is 2. The first-order valence-corrected chi connectivity index (χ1v) is 6.00. The van der Waals surface area contributed by atoms with Gasteiger partial charge in [-0.25, -0.2) is 0 Å². The summed E-state index contributed by atoms with van der Waals surface area (Å²) in [5.41, 5.74) is 2.39. The summed E-state index contributed by atoms with van der Waals surface area (Å²) in [5.74, 6) is 0.725. The van der Waals surface area contributed by atoms with Crippen LogP contribution in [0.15, 0.2) is 30.9 Å². The number of hydrogen-bond acceptors (Lipinski definition) is 5. The van der Waals surface area contributed by atoms with Gasteiger partial charge in [-0.2, -0.15) is 9.78 Å². The Bertz CT molecular complexity index is 697. The van der Waals surface area contributed by atoms with E-state index in [2.05, 4.69) is 25.4 Å². The third-order valence-electron chi connectivity index (χ3n) is 2.78. The molecular formula is C12H13N7.